The van der Waals surface area contributed by atoms with E-state index in [1.165, 1.54) is 19.3 Å². The van der Waals surface area contributed by atoms with Crippen LogP contribution in [0.25, 0.3) is 10.9 Å². The molecule has 4 nitrogen and oxygen atoms in total. The number of pyridine rings is 1. The summed E-state index contributed by atoms with van der Waals surface area (Å²) in [6.45, 7) is 4.83. The molecule has 0 unspecified atom stereocenters. The minimum absolute atomic E-state index is 0.0694. The number of hydrogen-bond acceptors (Lipinski definition) is 3. The fourth-order valence-electron chi connectivity index (χ4n) is 3.96. The van der Waals surface area contributed by atoms with Gasteiger partial charge in [0.05, 0.1) is 5.52 Å². The first-order valence-corrected chi connectivity index (χ1v) is 10.0. The molecule has 0 spiro atoms. The molecule has 1 aliphatic carbocycles. The second kappa shape index (κ2) is 8.52. The number of rotatable bonds is 6. The van der Waals surface area contributed by atoms with E-state index >= 15 is 0 Å². The van der Waals surface area contributed by atoms with Gasteiger partial charge in [-0.25, -0.2) is 0 Å². The molecule has 1 saturated carbocycles. The highest BCUT2D eigenvalue weighted by molar-refractivity contribution is 5.96. The molecule has 1 heterocycles. The molecule has 0 aliphatic heterocycles. The zero-order valence-corrected chi connectivity index (χ0v) is 16.0. The molecular formula is C22H30N2O2. The van der Waals surface area contributed by atoms with Gasteiger partial charge in [0.15, 0.2) is 0 Å². The van der Waals surface area contributed by atoms with Gasteiger partial charge >= 0.3 is 0 Å². The fourth-order valence-corrected chi connectivity index (χ4v) is 3.96. The Labute approximate surface area is 155 Å². The molecule has 1 aliphatic rings. The van der Waals surface area contributed by atoms with Crippen LogP contribution in [0.15, 0.2) is 28.0 Å². The van der Waals surface area contributed by atoms with Gasteiger partial charge in [-0.2, -0.15) is 0 Å². The van der Waals surface area contributed by atoms with Crippen molar-refractivity contribution in [2.45, 2.75) is 77.8 Å². The summed E-state index contributed by atoms with van der Waals surface area (Å²) in [5.41, 5.74) is 2.08. The highest BCUT2D eigenvalue weighted by Crippen LogP contribution is 2.28. The van der Waals surface area contributed by atoms with Gasteiger partial charge in [-0.15, -0.1) is 0 Å². The molecule has 0 amide bonds. The standard InChI is InChI=1S/C22H30N2O2/c1-3-4-8-14-24-20-16(2)10-9-13-18(20)21(25)19(22(24)26)15-23-17-11-6-5-7-12-17/h9-10,13,15,17,25H,3-8,11-12,14H2,1-2H3. The average molecular weight is 354 g/mol. The van der Waals surface area contributed by atoms with Gasteiger partial charge in [0, 0.05) is 24.2 Å². The summed E-state index contributed by atoms with van der Waals surface area (Å²) in [5.74, 6) is 0.0694. The van der Waals surface area contributed by atoms with Crippen molar-refractivity contribution < 1.29 is 5.11 Å². The third kappa shape index (κ3) is 3.84. The van der Waals surface area contributed by atoms with E-state index in [1.807, 2.05) is 29.7 Å². The number of benzene rings is 1. The maximum atomic E-state index is 13.1. The first kappa shape index (κ1) is 18.7. The van der Waals surface area contributed by atoms with Gasteiger partial charge in [-0.1, -0.05) is 51.2 Å². The van der Waals surface area contributed by atoms with Crippen LogP contribution >= 0.6 is 0 Å². The van der Waals surface area contributed by atoms with Gasteiger partial charge in [-0.3, -0.25) is 9.79 Å². The highest BCUT2D eigenvalue weighted by Gasteiger charge is 2.17. The van der Waals surface area contributed by atoms with Crippen molar-refractivity contribution in [2.75, 3.05) is 0 Å². The molecular weight excluding hydrogens is 324 g/mol. The number of hydrogen-bond donors (Lipinski definition) is 1. The Bertz CT molecular complexity index is 845. The summed E-state index contributed by atoms with van der Waals surface area (Å²) < 4.78 is 1.84. The van der Waals surface area contributed by atoms with Crippen molar-refractivity contribution in [3.8, 4) is 5.75 Å². The second-order valence-electron chi connectivity index (χ2n) is 7.47. The van der Waals surface area contributed by atoms with E-state index in [1.54, 1.807) is 6.21 Å². The molecule has 2 aromatic rings. The Morgan fingerprint density at radius 1 is 1.23 bits per heavy atom. The van der Waals surface area contributed by atoms with E-state index in [9.17, 15) is 9.90 Å². The lowest BCUT2D eigenvalue weighted by molar-refractivity contribution is 0.444. The van der Waals surface area contributed by atoms with E-state index in [0.29, 0.717) is 12.1 Å². The van der Waals surface area contributed by atoms with Crippen molar-refractivity contribution in [3.63, 3.8) is 0 Å². The normalized spacial score (nSPS) is 15.9. The number of fused-ring (bicyclic) bond motifs is 1. The van der Waals surface area contributed by atoms with Crippen LogP contribution in [0.3, 0.4) is 0 Å². The SMILES string of the molecule is CCCCCn1c(=O)c(C=NC2CCCCC2)c(O)c2cccc(C)c21. The van der Waals surface area contributed by atoms with E-state index in [4.69, 9.17) is 0 Å². The van der Waals surface area contributed by atoms with Crippen LogP contribution in [0, 0.1) is 6.92 Å². The Hall–Kier alpha value is -2.10. The predicted molar refractivity (Wildman–Crippen MR) is 109 cm³/mol. The lowest BCUT2D eigenvalue weighted by Crippen LogP contribution is -2.25. The van der Waals surface area contributed by atoms with Crippen LogP contribution in [0.4, 0.5) is 0 Å². The van der Waals surface area contributed by atoms with Crippen LogP contribution in [-0.2, 0) is 6.54 Å². The first-order valence-electron chi connectivity index (χ1n) is 10.0. The summed E-state index contributed by atoms with van der Waals surface area (Å²) in [6, 6.07) is 6.10. The maximum Gasteiger partial charge on any atom is 0.263 e. The molecule has 0 radical (unpaired) electrons. The van der Waals surface area contributed by atoms with Gasteiger partial charge in [0.1, 0.15) is 11.3 Å². The smallest absolute Gasteiger partial charge is 0.263 e. The Balaban J connectivity index is 2.07. The predicted octanol–water partition coefficient (Wildman–Crippen LogP) is 4.96. The van der Waals surface area contributed by atoms with Crippen molar-refractivity contribution in [2.24, 2.45) is 4.99 Å². The maximum absolute atomic E-state index is 13.1. The van der Waals surface area contributed by atoms with E-state index in [-0.39, 0.29) is 17.4 Å². The lowest BCUT2D eigenvalue weighted by Gasteiger charge is -2.18. The van der Waals surface area contributed by atoms with Gasteiger partial charge in [0.2, 0.25) is 0 Å². The van der Waals surface area contributed by atoms with Crippen molar-refractivity contribution >= 4 is 17.1 Å². The molecule has 4 heteroatoms. The minimum atomic E-state index is -0.125. The summed E-state index contributed by atoms with van der Waals surface area (Å²) in [5, 5.41) is 11.5. The zero-order chi connectivity index (χ0) is 18.5. The monoisotopic (exact) mass is 354 g/mol. The summed E-state index contributed by atoms with van der Waals surface area (Å²) >= 11 is 0. The number of aromatic hydroxyl groups is 1. The number of para-hydroxylation sites is 1. The number of aliphatic imine (C=N–C) groups is 1. The van der Waals surface area contributed by atoms with Crippen LogP contribution in [-0.4, -0.2) is 21.9 Å². The van der Waals surface area contributed by atoms with Gasteiger partial charge in [0.25, 0.3) is 5.56 Å². The first-order chi connectivity index (χ1) is 12.6. The summed E-state index contributed by atoms with van der Waals surface area (Å²) in [6.07, 6.45) is 10.6. The number of nitrogens with zero attached hydrogens (tertiary/aromatic N) is 2. The van der Waals surface area contributed by atoms with Crippen molar-refractivity contribution in [1.82, 2.24) is 4.57 Å². The Morgan fingerprint density at radius 2 is 2.00 bits per heavy atom. The quantitative estimate of drug-likeness (QED) is 0.589. The van der Waals surface area contributed by atoms with Crippen molar-refractivity contribution in [1.29, 1.82) is 0 Å². The molecule has 1 aromatic heterocycles. The van der Waals surface area contributed by atoms with E-state index < -0.39 is 0 Å². The van der Waals surface area contributed by atoms with Crippen molar-refractivity contribution in [3.05, 3.63) is 39.7 Å². The topological polar surface area (TPSA) is 54.6 Å². The van der Waals surface area contributed by atoms with Crippen LogP contribution in [0.2, 0.25) is 0 Å². The third-order valence-electron chi connectivity index (χ3n) is 5.47. The number of unbranched alkanes of at least 4 members (excludes halogenated alkanes) is 2. The van der Waals surface area contributed by atoms with Crippen LogP contribution < -0.4 is 5.56 Å². The number of aromatic nitrogens is 1. The molecule has 0 atom stereocenters. The zero-order valence-electron chi connectivity index (χ0n) is 16.0. The average Bonchev–Trinajstić information content (AvgIpc) is 2.65. The summed E-state index contributed by atoms with van der Waals surface area (Å²) in [4.78, 5) is 17.8. The molecule has 3 rings (SSSR count). The second-order valence-corrected chi connectivity index (χ2v) is 7.47. The molecule has 1 N–H and O–H groups in total. The Morgan fingerprint density at radius 3 is 2.73 bits per heavy atom. The van der Waals surface area contributed by atoms with E-state index in [0.717, 1.165) is 48.6 Å². The Kier molecular flexibility index (Phi) is 6.12. The number of aryl methyl sites for hydroxylation is 2. The molecule has 26 heavy (non-hydrogen) atoms. The van der Waals surface area contributed by atoms with Gasteiger partial charge in [-0.05, 0) is 37.8 Å². The highest BCUT2D eigenvalue weighted by atomic mass is 16.3. The molecule has 0 saturated heterocycles. The third-order valence-corrected chi connectivity index (χ3v) is 5.47. The molecule has 1 fully saturated rings. The molecule has 0 bridgehead atoms. The molecule has 1 aromatic carbocycles. The van der Waals surface area contributed by atoms with Gasteiger partial charge < -0.3 is 9.67 Å². The molecule has 140 valence electrons. The minimum Gasteiger partial charge on any atom is -0.506 e. The fraction of sp³-hybridized carbons (Fsp3) is 0.545. The lowest BCUT2D eigenvalue weighted by atomic mass is 9.96. The van der Waals surface area contributed by atoms with Crippen LogP contribution in [0.1, 0.15) is 69.4 Å². The largest absolute Gasteiger partial charge is 0.506 e. The van der Waals surface area contributed by atoms with E-state index in [2.05, 4.69) is 11.9 Å². The summed E-state index contributed by atoms with van der Waals surface area (Å²) in [7, 11) is 0. The van der Waals surface area contributed by atoms with Crippen LogP contribution in [0.5, 0.6) is 5.75 Å².